The van der Waals surface area contributed by atoms with Gasteiger partial charge in [-0.3, -0.25) is 4.98 Å². The SMILES string of the molecule is NC(=O)Oc1ccc2ncccc2c1. The first-order valence-electron chi connectivity index (χ1n) is 4.08. The van der Waals surface area contributed by atoms with Crippen LogP contribution < -0.4 is 10.5 Å². The van der Waals surface area contributed by atoms with E-state index in [0.29, 0.717) is 5.75 Å². The predicted octanol–water partition coefficient (Wildman–Crippen LogP) is 1.69. The largest absolute Gasteiger partial charge is 0.410 e. The fraction of sp³-hybridized carbons (Fsp3) is 0. The summed E-state index contributed by atoms with van der Waals surface area (Å²) in [5, 5.41) is 0.909. The lowest BCUT2D eigenvalue weighted by Gasteiger charge is -2.01. The van der Waals surface area contributed by atoms with Gasteiger partial charge in [-0.15, -0.1) is 0 Å². The Morgan fingerprint density at radius 3 is 3.00 bits per heavy atom. The van der Waals surface area contributed by atoms with E-state index in [-0.39, 0.29) is 0 Å². The minimum atomic E-state index is -0.812. The molecule has 1 amide bonds. The normalized spacial score (nSPS) is 10.0. The molecule has 2 aromatic rings. The maximum Gasteiger partial charge on any atom is 0.409 e. The van der Waals surface area contributed by atoms with Crippen LogP contribution in [-0.2, 0) is 0 Å². The zero-order valence-corrected chi connectivity index (χ0v) is 7.31. The molecule has 0 unspecified atom stereocenters. The van der Waals surface area contributed by atoms with E-state index in [2.05, 4.69) is 4.98 Å². The van der Waals surface area contributed by atoms with E-state index in [1.807, 2.05) is 12.1 Å². The molecule has 1 aromatic heterocycles. The third kappa shape index (κ3) is 1.64. The van der Waals surface area contributed by atoms with Crippen LogP contribution >= 0.6 is 0 Å². The topological polar surface area (TPSA) is 65.2 Å². The summed E-state index contributed by atoms with van der Waals surface area (Å²) in [6, 6.07) is 8.84. The number of nitrogens with two attached hydrogens (primary N) is 1. The number of carbonyl (C=O) groups is 1. The molecule has 0 radical (unpaired) electrons. The van der Waals surface area contributed by atoms with E-state index in [9.17, 15) is 4.79 Å². The highest BCUT2D eigenvalue weighted by Gasteiger charge is 2.00. The van der Waals surface area contributed by atoms with E-state index in [1.165, 1.54) is 0 Å². The lowest BCUT2D eigenvalue weighted by atomic mass is 10.2. The lowest BCUT2D eigenvalue weighted by molar-refractivity contribution is 0.211. The van der Waals surface area contributed by atoms with Crippen LogP contribution in [0.2, 0.25) is 0 Å². The van der Waals surface area contributed by atoms with Crippen molar-refractivity contribution < 1.29 is 9.53 Å². The van der Waals surface area contributed by atoms with E-state index in [1.54, 1.807) is 24.4 Å². The maximum atomic E-state index is 10.5. The Hall–Kier alpha value is -2.10. The molecule has 0 saturated heterocycles. The molecule has 2 N–H and O–H groups in total. The molecule has 0 saturated carbocycles. The quantitative estimate of drug-likeness (QED) is 0.740. The molecule has 0 aliphatic carbocycles. The summed E-state index contributed by atoms with van der Waals surface area (Å²) in [7, 11) is 0. The molecule has 1 heterocycles. The van der Waals surface area contributed by atoms with Crippen molar-refractivity contribution in [2.24, 2.45) is 5.73 Å². The predicted molar refractivity (Wildman–Crippen MR) is 52.0 cm³/mol. The number of amides is 1. The number of aromatic nitrogens is 1. The number of benzene rings is 1. The second kappa shape index (κ2) is 3.33. The van der Waals surface area contributed by atoms with Crippen molar-refractivity contribution in [2.45, 2.75) is 0 Å². The summed E-state index contributed by atoms with van der Waals surface area (Å²) in [5.74, 6) is 0.429. The number of rotatable bonds is 1. The Kier molecular flexibility index (Phi) is 2.02. The van der Waals surface area contributed by atoms with Gasteiger partial charge in [0.05, 0.1) is 5.52 Å². The smallest absolute Gasteiger partial charge is 0.409 e. The van der Waals surface area contributed by atoms with Crippen molar-refractivity contribution in [3.8, 4) is 5.75 Å². The van der Waals surface area contributed by atoms with Crippen LogP contribution in [0.1, 0.15) is 0 Å². The van der Waals surface area contributed by atoms with Gasteiger partial charge >= 0.3 is 6.09 Å². The molecule has 0 bridgehead atoms. The van der Waals surface area contributed by atoms with Crippen molar-refractivity contribution in [3.63, 3.8) is 0 Å². The number of hydrogen-bond acceptors (Lipinski definition) is 3. The first-order chi connectivity index (χ1) is 6.75. The highest BCUT2D eigenvalue weighted by Crippen LogP contribution is 2.18. The zero-order valence-electron chi connectivity index (χ0n) is 7.31. The van der Waals surface area contributed by atoms with Gasteiger partial charge in [0.25, 0.3) is 0 Å². The maximum absolute atomic E-state index is 10.5. The molecule has 0 spiro atoms. The third-order valence-corrected chi connectivity index (χ3v) is 1.79. The highest BCUT2D eigenvalue weighted by atomic mass is 16.5. The number of carbonyl (C=O) groups excluding carboxylic acids is 1. The van der Waals surface area contributed by atoms with E-state index < -0.39 is 6.09 Å². The standard InChI is InChI=1S/C10H8N2O2/c11-10(13)14-8-3-4-9-7(6-8)2-1-5-12-9/h1-6H,(H2,11,13). The minimum Gasteiger partial charge on any atom is -0.410 e. The highest BCUT2D eigenvalue weighted by molar-refractivity contribution is 5.80. The molecule has 14 heavy (non-hydrogen) atoms. The van der Waals surface area contributed by atoms with E-state index in [4.69, 9.17) is 10.5 Å². The number of nitrogens with zero attached hydrogens (tertiary/aromatic N) is 1. The van der Waals surface area contributed by atoms with Crippen molar-refractivity contribution in [2.75, 3.05) is 0 Å². The lowest BCUT2D eigenvalue weighted by Crippen LogP contribution is -2.16. The summed E-state index contributed by atoms with van der Waals surface area (Å²) >= 11 is 0. The van der Waals surface area contributed by atoms with Gasteiger partial charge in [-0.2, -0.15) is 0 Å². The van der Waals surface area contributed by atoms with Gasteiger partial charge in [0.1, 0.15) is 5.75 Å². The van der Waals surface area contributed by atoms with E-state index in [0.717, 1.165) is 10.9 Å². The van der Waals surface area contributed by atoms with Crippen LogP contribution in [0.5, 0.6) is 5.75 Å². The summed E-state index contributed by atoms with van der Waals surface area (Å²) in [6.45, 7) is 0. The molecule has 2 rings (SSSR count). The fourth-order valence-electron chi connectivity index (χ4n) is 1.23. The Morgan fingerprint density at radius 2 is 2.21 bits per heavy atom. The number of pyridine rings is 1. The van der Waals surface area contributed by atoms with Crippen LogP contribution in [0, 0.1) is 0 Å². The number of fused-ring (bicyclic) bond motifs is 1. The first-order valence-corrected chi connectivity index (χ1v) is 4.08. The van der Waals surface area contributed by atoms with Gasteiger partial charge in [-0.05, 0) is 24.3 Å². The molecule has 0 aliphatic heterocycles. The van der Waals surface area contributed by atoms with Gasteiger partial charge in [-0.25, -0.2) is 4.79 Å². The summed E-state index contributed by atoms with van der Waals surface area (Å²) in [6.07, 6.45) is 0.893. The van der Waals surface area contributed by atoms with Crippen LogP contribution in [0.4, 0.5) is 4.79 Å². The van der Waals surface area contributed by atoms with Gasteiger partial charge < -0.3 is 10.5 Å². The average molecular weight is 188 g/mol. The minimum absolute atomic E-state index is 0.429. The first kappa shape index (κ1) is 8.50. The van der Waals surface area contributed by atoms with Crippen LogP contribution in [0.25, 0.3) is 10.9 Å². The molecule has 0 aliphatic rings. The Balaban J connectivity index is 2.46. The summed E-state index contributed by atoms with van der Waals surface area (Å²) in [4.78, 5) is 14.6. The number of ether oxygens (including phenoxy) is 1. The van der Waals surface area contributed by atoms with Crippen LogP contribution in [0.15, 0.2) is 36.5 Å². The monoisotopic (exact) mass is 188 g/mol. The van der Waals surface area contributed by atoms with Gasteiger partial charge in [0.2, 0.25) is 0 Å². The van der Waals surface area contributed by atoms with Gasteiger partial charge in [-0.1, -0.05) is 6.07 Å². The Bertz CT molecular complexity index is 482. The molecule has 4 heteroatoms. The molecule has 1 aromatic carbocycles. The van der Waals surface area contributed by atoms with Gasteiger partial charge in [0.15, 0.2) is 0 Å². The molecule has 0 atom stereocenters. The van der Waals surface area contributed by atoms with Gasteiger partial charge in [0, 0.05) is 11.6 Å². The Labute approximate surface area is 80.3 Å². The fourth-order valence-corrected chi connectivity index (χ4v) is 1.23. The molecule has 70 valence electrons. The van der Waals surface area contributed by atoms with Crippen molar-refractivity contribution in [1.82, 2.24) is 4.98 Å². The number of hydrogen-bond donors (Lipinski definition) is 1. The molecule has 0 fully saturated rings. The van der Waals surface area contributed by atoms with Crippen molar-refractivity contribution in [1.29, 1.82) is 0 Å². The van der Waals surface area contributed by atoms with Crippen LogP contribution in [0.3, 0.4) is 0 Å². The second-order valence-electron chi connectivity index (χ2n) is 2.78. The zero-order chi connectivity index (χ0) is 9.97. The van der Waals surface area contributed by atoms with E-state index >= 15 is 0 Å². The van der Waals surface area contributed by atoms with Crippen molar-refractivity contribution in [3.05, 3.63) is 36.5 Å². The summed E-state index contributed by atoms with van der Waals surface area (Å²) in [5.41, 5.74) is 5.74. The average Bonchev–Trinajstić information content (AvgIpc) is 2.17. The van der Waals surface area contributed by atoms with Crippen molar-refractivity contribution >= 4 is 17.0 Å². The molecule has 4 nitrogen and oxygen atoms in total. The summed E-state index contributed by atoms with van der Waals surface area (Å²) < 4.78 is 4.73. The third-order valence-electron chi connectivity index (χ3n) is 1.79. The molecular formula is C10H8N2O2. The number of primary amides is 1. The second-order valence-corrected chi connectivity index (χ2v) is 2.78. The molecular weight excluding hydrogens is 180 g/mol. The Morgan fingerprint density at radius 1 is 1.36 bits per heavy atom. The van der Waals surface area contributed by atoms with Crippen LogP contribution in [-0.4, -0.2) is 11.1 Å².